The quantitative estimate of drug-likeness (QED) is 0.660. The maximum Gasteiger partial charge on any atom is 0.332 e. The maximum absolute atomic E-state index is 12.2. The first kappa shape index (κ1) is 16.5. The highest BCUT2D eigenvalue weighted by Crippen LogP contribution is 2.06. The number of rotatable bonds is 6. The van der Waals surface area contributed by atoms with Gasteiger partial charge in [-0.1, -0.05) is 0 Å². The maximum atomic E-state index is 12.2. The van der Waals surface area contributed by atoms with E-state index in [0.29, 0.717) is 0 Å². The van der Waals surface area contributed by atoms with Crippen LogP contribution in [-0.4, -0.2) is 42.2 Å². The minimum atomic E-state index is -0.990. The van der Waals surface area contributed by atoms with Crippen molar-refractivity contribution >= 4 is 23.0 Å². The molecule has 0 saturated heterocycles. The SMILES string of the molecule is Cn1c(=O)c2c(ncn2CCC(=O)NCCC(=O)O)n(C)c1=O. The van der Waals surface area contributed by atoms with E-state index in [9.17, 15) is 19.2 Å². The van der Waals surface area contributed by atoms with Crippen LogP contribution >= 0.6 is 0 Å². The lowest BCUT2D eigenvalue weighted by Crippen LogP contribution is -2.37. The molecular formula is C13H17N5O5. The zero-order valence-electron chi connectivity index (χ0n) is 12.8. The molecule has 0 spiro atoms. The van der Waals surface area contributed by atoms with Gasteiger partial charge in [0.15, 0.2) is 11.2 Å². The van der Waals surface area contributed by atoms with Gasteiger partial charge >= 0.3 is 11.7 Å². The summed E-state index contributed by atoms with van der Waals surface area (Å²) in [5.41, 5.74) is -0.455. The van der Waals surface area contributed by atoms with E-state index in [2.05, 4.69) is 10.3 Å². The topological polar surface area (TPSA) is 128 Å². The number of fused-ring (bicyclic) bond motifs is 1. The summed E-state index contributed by atoms with van der Waals surface area (Å²) >= 11 is 0. The number of amides is 1. The molecule has 10 nitrogen and oxygen atoms in total. The standard InChI is InChI=1S/C13H17N5O5/c1-16-11-10(12(22)17(2)13(16)23)18(7-15-11)6-4-8(19)14-5-3-9(20)21/h7H,3-6H2,1-2H3,(H,14,19)(H,20,21). The molecule has 2 heterocycles. The van der Waals surface area contributed by atoms with E-state index in [4.69, 9.17) is 5.11 Å². The summed E-state index contributed by atoms with van der Waals surface area (Å²) in [5.74, 6) is -1.31. The van der Waals surface area contributed by atoms with E-state index in [1.165, 1.54) is 29.6 Å². The van der Waals surface area contributed by atoms with Crippen LogP contribution in [0.3, 0.4) is 0 Å². The number of aromatic nitrogens is 4. The molecule has 0 radical (unpaired) electrons. The fourth-order valence-electron chi connectivity index (χ4n) is 2.19. The molecule has 23 heavy (non-hydrogen) atoms. The molecule has 0 fully saturated rings. The van der Waals surface area contributed by atoms with Gasteiger partial charge in [0.2, 0.25) is 5.91 Å². The van der Waals surface area contributed by atoms with E-state index in [1.54, 1.807) is 0 Å². The van der Waals surface area contributed by atoms with Gasteiger partial charge < -0.3 is 15.0 Å². The number of hydrogen-bond acceptors (Lipinski definition) is 5. The van der Waals surface area contributed by atoms with Gasteiger partial charge in [-0.15, -0.1) is 0 Å². The van der Waals surface area contributed by atoms with E-state index in [0.717, 1.165) is 4.57 Å². The van der Waals surface area contributed by atoms with Crippen molar-refractivity contribution in [3.05, 3.63) is 27.2 Å². The van der Waals surface area contributed by atoms with Gasteiger partial charge in [-0.05, 0) is 0 Å². The van der Waals surface area contributed by atoms with Crippen LogP contribution in [0.2, 0.25) is 0 Å². The van der Waals surface area contributed by atoms with Crippen LogP contribution in [0.15, 0.2) is 15.9 Å². The molecular weight excluding hydrogens is 306 g/mol. The predicted molar refractivity (Wildman–Crippen MR) is 80.1 cm³/mol. The number of carbonyl (C=O) groups is 2. The molecule has 0 atom stereocenters. The van der Waals surface area contributed by atoms with Gasteiger partial charge in [-0.25, -0.2) is 9.78 Å². The van der Waals surface area contributed by atoms with Gasteiger partial charge in [-0.2, -0.15) is 0 Å². The third-order valence-corrected chi connectivity index (χ3v) is 3.46. The molecule has 2 aromatic rings. The normalized spacial score (nSPS) is 10.9. The highest BCUT2D eigenvalue weighted by molar-refractivity contribution is 5.77. The second-order valence-corrected chi connectivity index (χ2v) is 5.06. The van der Waals surface area contributed by atoms with Crippen molar-refractivity contribution in [1.82, 2.24) is 24.0 Å². The van der Waals surface area contributed by atoms with Gasteiger partial charge in [0, 0.05) is 33.6 Å². The van der Waals surface area contributed by atoms with E-state index in [-0.39, 0.29) is 43.0 Å². The lowest BCUT2D eigenvalue weighted by Gasteiger charge is -2.07. The molecule has 0 aliphatic rings. The molecule has 0 aliphatic carbocycles. The Morgan fingerprint density at radius 2 is 1.91 bits per heavy atom. The Morgan fingerprint density at radius 3 is 2.57 bits per heavy atom. The van der Waals surface area contributed by atoms with Crippen molar-refractivity contribution in [3.8, 4) is 0 Å². The molecule has 0 unspecified atom stereocenters. The largest absolute Gasteiger partial charge is 0.481 e. The number of nitrogens with one attached hydrogen (secondary N) is 1. The van der Waals surface area contributed by atoms with Gasteiger partial charge in [0.05, 0.1) is 12.7 Å². The summed E-state index contributed by atoms with van der Waals surface area (Å²) in [6.45, 7) is 0.248. The molecule has 10 heteroatoms. The number of carboxylic acids is 1. The highest BCUT2D eigenvalue weighted by atomic mass is 16.4. The minimum Gasteiger partial charge on any atom is -0.481 e. The number of carboxylic acid groups (broad SMARTS) is 1. The summed E-state index contributed by atoms with van der Waals surface area (Å²) in [6, 6.07) is 0. The number of imidazole rings is 1. The summed E-state index contributed by atoms with van der Waals surface area (Å²) in [6.07, 6.45) is 1.31. The Morgan fingerprint density at radius 1 is 1.22 bits per heavy atom. The average Bonchev–Trinajstić information content (AvgIpc) is 2.92. The van der Waals surface area contributed by atoms with Crippen LogP contribution in [0.1, 0.15) is 12.8 Å². The first-order valence-corrected chi connectivity index (χ1v) is 6.92. The first-order chi connectivity index (χ1) is 10.8. The molecule has 0 saturated carbocycles. The van der Waals surface area contributed by atoms with Crippen molar-refractivity contribution in [1.29, 1.82) is 0 Å². The molecule has 1 amide bonds. The molecule has 0 aliphatic heterocycles. The second kappa shape index (κ2) is 6.46. The van der Waals surface area contributed by atoms with Crippen LogP contribution < -0.4 is 16.6 Å². The zero-order chi connectivity index (χ0) is 17.1. The molecule has 0 bridgehead atoms. The van der Waals surface area contributed by atoms with Crippen molar-refractivity contribution in [2.45, 2.75) is 19.4 Å². The second-order valence-electron chi connectivity index (χ2n) is 5.06. The molecule has 124 valence electrons. The van der Waals surface area contributed by atoms with Crippen LogP contribution in [0.4, 0.5) is 0 Å². The number of aliphatic carboxylic acids is 1. The Balaban J connectivity index is 2.16. The van der Waals surface area contributed by atoms with Crippen LogP contribution in [-0.2, 0) is 30.2 Å². The van der Waals surface area contributed by atoms with Gasteiger partial charge in [0.1, 0.15) is 0 Å². The van der Waals surface area contributed by atoms with Gasteiger partial charge in [0.25, 0.3) is 5.56 Å². The number of aryl methyl sites for hydroxylation is 2. The summed E-state index contributed by atoms with van der Waals surface area (Å²) < 4.78 is 3.75. The van der Waals surface area contributed by atoms with Crippen molar-refractivity contribution in [3.63, 3.8) is 0 Å². The number of hydrogen-bond donors (Lipinski definition) is 2. The summed E-state index contributed by atoms with van der Waals surface area (Å²) in [5, 5.41) is 11.0. The summed E-state index contributed by atoms with van der Waals surface area (Å²) in [4.78, 5) is 50.1. The van der Waals surface area contributed by atoms with Crippen molar-refractivity contribution < 1.29 is 14.7 Å². The smallest absolute Gasteiger partial charge is 0.332 e. The Kier molecular flexibility index (Phi) is 4.63. The van der Waals surface area contributed by atoms with E-state index < -0.39 is 17.2 Å². The van der Waals surface area contributed by atoms with Crippen LogP contribution in [0.25, 0.3) is 11.2 Å². The predicted octanol–water partition coefficient (Wildman–Crippen LogP) is -1.59. The highest BCUT2D eigenvalue weighted by Gasteiger charge is 2.14. The molecule has 2 aromatic heterocycles. The van der Waals surface area contributed by atoms with Crippen molar-refractivity contribution in [2.24, 2.45) is 14.1 Å². The minimum absolute atomic E-state index is 0.0507. The lowest BCUT2D eigenvalue weighted by atomic mass is 10.3. The third-order valence-electron chi connectivity index (χ3n) is 3.46. The monoisotopic (exact) mass is 323 g/mol. The fourth-order valence-corrected chi connectivity index (χ4v) is 2.19. The number of carbonyl (C=O) groups excluding carboxylic acids is 1. The van der Waals surface area contributed by atoms with E-state index in [1.807, 2.05) is 0 Å². The lowest BCUT2D eigenvalue weighted by molar-refractivity contribution is -0.136. The molecule has 0 aromatic carbocycles. The Labute approximate surface area is 130 Å². The Bertz CT molecular complexity index is 875. The first-order valence-electron chi connectivity index (χ1n) is 6.92. The summed E-state index contributed by atoms with van der Waals surface area (Å²) in [7, 11) is 2.89. The molecule has 2 rings (SSSR count). The fraction of sp³-hybridized carbons (Fsp3) is 0.462. The van der Waals surface area contributed by atoms with Gasteiger partial charge in [-0.3, -0.25) is 23.5 Å². The molecule has 2 N–H and O–H groups in total. The number of nitrogens with zero attached hydrogens (tertiary/aromatic N) is 4. The average molecular weight is 323 g/mol. The van der Waals surface area contributed by atoms with Crippen molar-refractivity contribution in [2.75, 3.05) is 6.54 Å². The van der Waals surface area contributed by atoms with Crippen LogP contribution in [0, 0.1) is 0 Å². The van der Waals surface area contributed by atoms with Crippen LogP contribution in [0.5, 0.6) is 0 Å². The zero-order valence-corrected chi connectivity index (χ0v) is 12.8. The Hall–Kier alpha value is -2.91. The van der Waals surface area contributed by atoms with E-state index >= 15 is 0 Å². The third kappa shape index (κ3) is 3.30.